The van der Waals surface area contributed by atoms with Crippen LogP contribution in [0.1, 0.15) is 25.0 Å². The van der Waals surface area contributed by atoms with Gasteiger partial charge in [-0.3, -0.25) is 9.09 Å². The largest absolute Gasteiger partial charge is 0.463 e. The highest BCUT2D eigenvalue weighted by Gasteiger charge is 2.39. The average molecular weight is 403 g/mol. The van der Waals surface area contributed by atoms with Crippen molar-refractivity contribution in [3.63, 3.8) is 0 Å². The van der Waals surface area contributed by atoms with Gasteiger partial charge in [0.05, 0.1) is 24.6 Å². The van der Waals surface area contributed by atoms with E-state index in [9.17, 15) is 9.36 Å². The van der Waals surface area contributed by atoms with Crippen LogP contribution in [-0.2, 0) is 29.6 Å². The van der Waals surface area contributed by atoms with Gasteiger partial charge in [-0.2, -0.15) is 0 Å². The molecule has 0 saturated carbocycles. The Kier molecular flexibility index (Phi) is 6.20. The predicted octanol–water partition coefficient (Wildman–Crippen LogP) is 3.67. The molecule has 126 valence electrons. The Bertz CT molecular complexity index is 671. The summed E-state index contributed by atoms with van der Waals surface area (Å²) >= 11 is 3.46. The molecule has 0 N–H and O–H groups in total. The van der Waals surface area contributed by atoms with Gasteiger partial charge in [0.2, 0.25) is 0 Å². The summed E-state index contributed by atoms with van der Waals surface area (Å²) in [5.74, 6) is -0.446. The fourth-order valence-corrected chi connectivity index (χ4v) is 5.34. The topological polar surface area (TPSA) is 61.8 Å². The first-order valence-electron chi connectivity index (χ1n) is 7.47. The third-order valence-electron chi connectivity index (χ3n) is 3.35. The zero-order valence-electron chi connectivity index (χ0n) is 13.4. The molecule has 2 unspecified atom stereocenters. The standard InChI is InChI=1S/C16H20BrO5P/c1-4-20-15(18)7-6-14-10-12-9-13(17)8-11(3)16(12)23(19,22-14)21-5-2/h6-9,14H,4-5,10H2,1-3H3/b7-6+. The summed E-state index contributed by atoms with van der Waals surface area (Å²) in [5, 5.41) is 0.628. The molecule has 2 rings (SSSR count). The molecule has 5 nitrogen and oxygen atoms in total. The van der Waals surface area contributed by atoms with E-state index >= 15 is 0 Å². The van der Waals surface area contributed by atoms with Gasteiger partial charge in [-0.15, -0.1) is 0 Å². The van der Waals surface area contributed by atoms with E-state index in [0.717, 1.165) is 15.6 Å². The third-order valence-corrected chi connectivity index (χ3v) is 6.14. The van der Waals surface area contributed by atoms with Gasteiger partial charge in [0.15, 0.2) is 0 Å². The molecule has 23 heavy (non-hydrogen) atoms. The molecule has 0 fully saturated rings. The van der Waals surface area contributed by atoms with Crippen molar-refractivity contribution in [1.82, 2.24) is 0 Å². The van der Waals surface area contributed by atoms with E-state index in [4.69, 9.17) is 13.8 Å². The maximum atomic E-state index is 13.2. The molecule has 0 saturated heterocycles. The lowest BCUT2D eigenvalue weighted by atomic mass is 10.0. The van der Waals surface area contributed by atoms with E-state index in [1.807, 2.05) is 19.1 Å². The number of hydrogen-bond donors (Lipinski definition) is 0. The first kappa shape index (κ1) is 18.4. The van der Waals surface area contributed by atoms with Crippen LogP contribution in [-0.4, -0.2) is 25.3 Å². The van der Waals surface area contributed by atoms with Crippen LogP contribution in [0.5, 0.6) is 0 Å². The molecule has 0 aromatic heterocycles. The van der Waals surface area contributed by atoms with E-state index in [-0.39, 0.29) is 6.61 Å². The van der Waals surface area contributed by atoms with E-state index in [1.54, 1.807) is 19.9 Å². The van der Waals surface area contributed by atoms with Crippen molar-refractivity contribution in [1.29, 1.82) is 0 Å². The number of esters is 1. The molecule has 2 atom stereocenters. The Morgan fingerprint density at radius 1 is 1.43 bits per heavy atom. The molecule has 1 aliphatic rings. The molecule has 1 aromatic carbocycles. The number of halogens is 1. The zero-order valence-corrected chi connectivity index (χ0v) is 15.9. The van der Waals surface area contributed by atoms with Crippen LogP contribution in [0.15, 0.2) is 28.8 Å². The predicted molar refractivity (Wildman–Crippen MR) is 92.1 cm³/mol. The number of ether oxygens (including phenoxy) is 1. The first-order chi connectivity index (χ1) is 10.9. The molecule has 0 amide bonds. The molecule has 0 spiro atoms. The maximum Gasteiger partial charge on any atom is 0.362 e. The Labute approximate surface area is 144 Å². The van der Waals surface area contributed by atoms with Crippen LogP contribution >= 0.6 is 23.5 Å². The second-order valence-corrected chi connectivity index (χ2v) is 7.93. The minimum absolute atomic E-state index is 0.278. The minimum atomic E-state index is -3.42. The van der Waals surface area contributed by atoms with Gasteiger partial charge in [0.1, 0.15) is 0 Å². The van der Waals surface area contributed by atoms with Crippen LogP contribution in [0.2, 0.25) is 0 Å². The fraction of sp³-hybridized carbons (Fsp3) is 0.438. The summed E-state index contributed by atoms with van der Waals surface area (Å²) in [5.41, 5.74) is 1.76. The van der Waals surface area contributed by atoms with E-state index in [0.29, 0.717) is 18.3 Å². The van der Waals surface area contributed by atoms with E-state index < -0.39 is 19.7 Å². The highest BCUT2D eigenvalue weighted by atomic mass is 79.9. The van der Waals surface area contributed by atoms with Gasteiger partial charge in [-0.05, 0) is 50.1 Å². The van der Waals surface area contributed by atoms with Crippen molar-refractivity contribution in [2.75, 3.05) is 13.2 Å². The van der Waals surface area contributed by atoms with Gasteiger partial charge < -0.3 is 9.26 Å². The number of carbonyl (C=O) groups excluding carboxylic acids is 1. The minimum Gasteiger partial charge on any atom is -0.463 e. The van der Waals surface area contributed by atoms with Crippen molar-refractivity contribution in [3.8, 4) is 0 Å². The maximum absolute atomic E-state index is 13.2. The molecule has 0 bridgehead atoms. The number of benzene rings is 1. The van der Waals surface area contributed by atoms with E-state index in [1.165, 1.54) is 6.08 Å². The molecular weight excluding hydrogens is 383 g/mol. The lowest BCUT2D eigenvalue weighted by Crippen LogP contribution is -2.30. The van der Waals surface area contributed by atoms with Crippen LogP contribution < -0.4 is 5.30 Å². The Hall–Kier alpha value is -0.940. The summed E-state index contributed by atoms with van der Waals surface area (Å²) in [6.45, 7) is 5.98. The molecule has 7 heteroatoms. The fourth-order valence-electron chi connectivity index (χ4n) is 2.58. The van der Waals surface area contributed by atoms with E-state index in [2.05, 4.69) is 15.9 Å². The quantitative estimate of drug-likeness (QED) is 0.427. The van der Waals surface area contributed by atoms with Crippen molar-refractivity contribution >= 4 is 34.8 Å². The number of hydrogen-bond acceptors (Lipinski definition) is 5. The summed E-state index contributed by atoms with van der Waals surface area (Å²) in [6, 6.07) is 3.81. The van der Waals surface area contributed by atoms with Crippen molar-refractivity contribution < 1.29 is 23.1 Å². The van der Waals surface area contributed by atoms with Crippen LogP contribution in [0, 0.1) is 6.92 Å². The Morgan fingerprint density at radius 2 is 2.17 bits per heavy atom. The van der Waals surface area contributed by atoms with Crippen LogP contribution in [0.4, 0.5) is 0 Å². The lowest BCUT2D eigenvalue weighted by molar-refractivity contribution is -0.137. The number of fused-ring (bicyclic) bond motifs is 1. The second-order valence-electron chi connectivity index (χ2n) is 5.10. The Morgan fingerprint density at radius 3 is 2.83 bits per heavy atom. The van der Waals surface area contributed by atoms with Gasteiger partial charge in [0, 0.05) is 17.0 Å². The molecule has 1 aromatic rings. The SMILES string of the molecule is CCOC(=O)/C=C/C1Cc2cc(Br)cc(C)c2P(=O)(OCC)O1. The molecule has 0 radical (unpaired) electrons. The van der Waals surface area contributed by atoms with Crippen LogP contribution in [0.3, 0.4) is 0 Å². The van der Waals surface area contributed by atoms with Gasteiger partial charge in [-0.1, -0.05) is 15.9 Å². The monoisotopic (exact) mass is 402 g/mol. The Balaban J connectivity index is 2.36. The molecule has 0 aliphatic carbocycles. The lowest BCUT2D eigenvalue weighted by Gasteiger charge is -2.31. The second kappa shape index (κ2) is 7.75. The molecule has 1 heterocycles. The summed E-state index contributed by atoms with van der Waals surface area (Å²) in [6.07, 6.45) is 2.89. The highest BCUT2D eigenvalue weighted by Crippen LogP contribution is 2.53. The average Bonchev–Trinajstić information content (AvgIpc) is 2.44. The highest BCUT2D eigenvalue weighted by molar-refractivity contribution is 9.10. The van der Waals surface area contributed by atoms with Crippen molar-refractivity contribution in [2.24, 2.45) is 0 Å². The van der Waals surface area contributed by atoms with Crippen LogP contribution in [0.25, 0.3) is 0 Å². The van der Waals surface area contributed by atoms with Gasteiger partial charge in [-0.25, -0.2) is 4.79 Å². The number of carbonyl (C=O) groups is 1. The third kappa shape index (κ3) is 4.32. The first-order valence-corrected chi connectivity index (χ1v) is 9.80. The number of rotatable bonds is 5. The van der Waals surface area contributed by atoms with Crippen molar-refractivity contribution in [3.05, 3.63) is 39.9 Å². The smallest absolute Gasteiger partial charge is 0.362 e. The molecule has 1 aliphatic heterocycles. The normalized spacial score (nSPS) is 23.7. The van der Waals surface area contributed by atoms with Gasteiger partial charge in [0.25, 0.3) is 0 Å². The summed E-state index contributed by atoms with van der Waals surface area (Å²) in [4.78, 5) is 11.5. The van der Waals surface area contributed by atoms with Gasteiger partial charge >= 0.3 is 13.6 Å². The van der Waals surface area contributed by atoms with Crippen molar-refractivity contribution in [2.45, 2.75) is 33.3 Å². The zero-order chi connectivity index (χ0) is 17.0. The summed E-state index contributed by atoms with van der Waals surface area (Å²) < 4.78 is 30.1. The number of aryl methyl sites for hydroxylation is 1. The molecular formula is C16H20BrO5P. The summed E-state index contributed by atoms with van der Waals surface area (Å²) in [7, 11) is -3.42.